The molecule has 1 saturated heterocycles. The number of nitrogens with zero attached hydrogens (tertiary/aromatic N) is 3. The number of amides is 2. The number of H-pyrrole nitrogens is 1. The predicted molar refractivity (Wildman–Crippen MR) is 129 cm³/mol. The van der Waals surface area contributed by atoms with E-state index >= 15 is 0 Å². The van der Waals surface area contributed by atoms with Crippen molar-refractivity contribution in [3.63, 3.8) is 0 Å². The van der Waals surface area contributed by atoms with Gasteiger partial charge in [0.2, 0.25) is 5.91 Å². The highest BCUT2D eigenvalue weighted by Crippen LogP contribution is 2.39. The molecule has 11 nitrogen and oxygen atoms in total. The van der Waals surface area contributed by atoms with E-state index in [1.807, 2.05) is 0 Å². The molecule has 1 aliphatic carbocycles. The lowest BCUT2D eigenvalue weighted by Gasteiger charge is -2.23. The third-order valence-corrected chi connectivity index (χ3v) is 6.81. The van der Waals surface area contributed by atoms with E-state index in [1.165, 1.54) is 25.6 Å². The number of aliphatic hydroxyl groups excluding tert-OH is 2. The number of carbonyl (C=O) groups is 2. The number of hydrogen-bond donors (Lipinski definition) is 4. The van der Waals surface area contributed by atoms with Crippen molar-refractivity contribution in [2.24, 2.45) is 5.92 Å². The van der Waals surface area contributed by atoms with Crippen LogP contribution < -0.4 is 14.8 Å². The third kappa shape index (κ3) is 4.69. The Morgan fingerprint density at radius 1 is 1.24 bits per heavy atom. The average molecular weight is 514 g/mol. The zero-order valence-corrected chi connectivity index (χ0v) is 20.5. The van der Waals surface area contributed by atoms with Crippen LogP contribution in [-0.4, -0.2) is 81.0 Å². The molecular weight excluding hydrogens is 485 g/mol. The molecule has 196 valence electrons. The number of aromatic nitrogens is 3. The summed E-state index contributed by atoms with van der Waals surface area (Å²) in [5.41, 5.74) is 2.24. The molecule has 1 aromatic carbocycles. The maximum atomic E-state index is 14.8. The smallest absolute Gasteiger partial charge is 0.255 e. The van der Waals surface area contributed by atoms with Crippen LogP contribution in [0.5, 0.6) is 11.5 Å². The van der Waals surface area contributed by atoms with Gasteiger partial charge in [-0.05, 0) is 38.2 Å². The fourth-order valence-electron chi connectivity index (χ4n) is 4.62. The lowest BCUT2D eigenvalue weighted by molar-refractivity contribution is -0.141. The van der Waals surface area contributed by atoms with E-state index in [1.54, 1.807) is 6.92 Å². The molecule has 1 aliphatic heterocycles. The molecule has 2 amide bonds. The minimum Gasteiger partial charge on any atom is -0.494 e. The predicted octanol–water partition coefficient (Wildman–Crippen LogP) is 1.51. The lowest BCUT2D eigenvalue weighted by atomic mass is 10.1. The summed E-state index contributed by atoms with van der Waals surface area (Å²) < 4.78 is 25.9. The summed E-state index contributed by atoms with van der Waals surface area (Å²) >= 11 is 0. The molecule has 2 fully saturated rings. The van der Waals surface area contributed by atoms with Gasteiger partial charge in [-0.1, -0.05) is 0 Å². The molecule has 5 rings (SSSR count). The maximum absolute atomic E-state index is 14.8. The van der Waals surface area contributed by atoms with Crippen molar-refractivity contribution in [3.05, 3.63) is 35.5 Å². The number of likely N-dealkylation sites (tertiary alicyclic amines) is 1. The van der Waals surface area contributed by atoms with Crippen LogP contribution in [0.2, 0.25) is 0 Å². The van der Waals surface area contributed by atoms with Crippen molar-refractivity contribution in [1.82, 2.24) is 25.2 Å². The number of hydrogen-bond acceptors (Lipinski definition) is 8. The van der Waals surface area contributed by atoms with Crippen molar-refractivity contribution < 1.29 is 33.7 Å². The largest absolute Gasteiger partial charge is 0.494 e. The molecule has 2 aliphatic rings. The average Bonchev–Trinajstić information content (AvgIpc) is 3.56. The standard InChI is InChI=1S/C25H28FN5O6/c1-12-20(24(34)30-16-5-6-31(25(16)35)19(33)9-32)22-23(29-12)21(27-11-28-22)14-7-15(26)18(36-2)8-17(14)37-10-13-3-4-13/h7-8,11,13,16,25,29,32,35H,3-6,9-10H2,1-2H3,(H,30,34)/t16-,25?/m1/s1. The fourth-order valence-corrected chi connectivity index (χ4v) is 4.62. The molecule has 3 heterocycles. The zero-order chi connectivity index (χ0) is 26.3. The maximum Gasteiger partial charge on any atom is 0.255 e. The summed E-state index contributed by atoms with van der Waals surface area (Å²) in [6.07, 6.45) is 2.53. The number of methoxy groups -OCH3 is 1. The van der Waals surface area contributed by atoms with Crippen LogP contribution in [0.4, 0.5) is 4.39 Å². The second-order valence-corrected chi connectivity index (χ2v) is 9.34. The highest BCUT2D eigenvalue weighted by atomic mass is 19.1. The number of aryl methyl sites for hydroxylation is 1. The van der Waals surface area contributed by atoms with Gasteiger partial charge in [-0.2, -0.15) is 0 Å². The monoisotopic (exact) mass is 513 g/mol. The number of rotatable bonds is 8. The van der Waals surface area contributed by atoms with Crippen molar-refractivity contribution in [2.75, 3.05) is 26.9 Å². The number of fused-ring (bicyclic) bond motifs is 1. The quantitative estimate of drug-likeness (QED) is 0.354. The van der Waals surface area contributed by atoms with Gasteiger partial charge in [-0.15, -0.1) is 0 Å². The Morgan fingerprint density at radius 3 is 2.73 bits per heavy atom. The first kappa shape index (κ1) is 24.9. The topological polar surface area (TPSA) is 150 Å². The summed E-state index contributed by atoms with van der Waals surface area (Å²) in [5, 5.41) is 22.3. The van der Waals surface area contributed by atoms with Gasteiger partial charge in [-0.25, -0.2) is 14.4 Å². The summed E-state index contributed by atoms with van der Waals surface area (Å²) in [7, 11) is 1.38. The Kier molecular flexibility index (Phi) is 6.69. The molecule has 12 heteroatoms. The second-order valence-electron chi connectivity index (χ2n) is 9.34. The summed E-state index contributed by atoms with van der Waals surface area (Å²) in [6, 6.07) is 2.07. The molecule has 0 bridgehead atoms. The van der Waals surface area contributed by atoms with E-state index < -0.39 is 36.5 Å². The van der Waals surface area contributed by atoms with Gasteiger partial charge in [0.1, 0.15) is 36.1 Å². The highest BCUT2D eigenvalue weighted by Gasteiger charge is 2.37. The van der Waals surface area contributed by atoms with Gasteiger partial charge < -0.3 is 34.9 Å². The molecule has 3 aromatic rings. The molecule has 2 aromatic heterocycles. The summed E-state index contributed by atoms with van der Waals surface area (Å²) in [4.78, 5) is 38.0. The third-order valence-electron chi connectivity index (χ3n) is 6.81. The number of benzene rings is 1. The van der Waals surface area contributed by atoms with E-state index in [9.17, 15) is 19.1 Å². The minimum absolute atomic E-state index is 0.0476. The van der Waals surface area contributed by atoms with E-state index in [2.05, 4.69) is 20.3 Å². The Bertz CT molecular complexity index is 1360. The molecule has 0 radical (unpaired) electrons. The molecule has 37 heavy (non-hydrogen) atoms. The van der Waals surface area contributed by atoms with Crippen molar-refractivity contribution in [2.45, 2.75) is 38.5 Å². The van der Waals surface area contributed by atoms with Gasteiger partial charge in [0, 0.05) is 23.9 Å². The van der Waals surface area contributed by atoms with E-state index in [-0.39, 0.29) is 17.9 Å². The Balaban J connectivity index is 1.49. The Hall–Kier alpha value is -3.77. The molecule has 0 spiro atoms. The van der Waals surface area contributed by atoms with Crippen LogP contribution in [0.3, 0.4) is 0 Å². The first-order chi connectivity index (χ1) is 17.8. The Morgan fingerprint density at radius 2 is 2.03 bits per heavy atom. The van der Waals surface area contributed by atoms with E-state index in [0.29, 0.717) is 52.7 Å². The molecule has 4 N–H and O–H groups in total. The first-order valence-corrected chi connectivity index (χ1v) is 12.1. The SMILES string of the molecule is COc1cc(OCC2CC2)c(-c2ncnc3c(C(=O)N[C@@H]4CCN(C(=O)CO)C4O)c(C)[nH]c23)cc1F. The Labute approximate surface area is 211 Å². The van der Waals surface area contributed by atoms with Crippen molar-refractivity contribution in [3.8, 4) is 22.8 Å². The van der Waals surface area contributed by atoms with Gasteiger partial charge in [0.15, 0.2) is 11.6 Å². The van der Waals surface area contributed by atoms with Crippen molar-refractivity contribution in [1.29, 1.82) is 0 Å². The number of aromatic amines is 1. The van der Waals surface area contributed by atoms with E-state index in [0.717, 1.165) is 17.7 Å². The summed E-state index contributed by atoms with van der Waals surface area (Å²) in [5.74, 6) is -0.774. The highest BCUT2D eigenvalue weighted by molar-refractivity contribution is 6.09. The van der Waals surface area contributed by atoms with Gasteiger partial charge in [0.25, 0.3) is 5.91 Å². The van der Waals surface area contributed by atoms with Crippen LogP contribution in [0.15, 0.2) is 18.5 Å². The first-order valence-electron chi connectivity index (χ1n) is 12.1. The molecular formula is C25H28FN5O6. The van der Waals surface area contributed by atoms with Crippen LogP contribution in [0.25, 0.3) is 22.3 Å². The number of nitrogens with one attached hydrogen (secondary N) is 2. The van der Waals surface area contributed by atoms with E-state index in [4.69, 9.17) is 14.6 Å². The lowest BCUT2D eigenvalue weighted by Crippen LogP contribution is -2.47. The summed E-state index contributed by atoms with van der Waals surface area (Å²) in [6.45, 7) is 1.67. The molecule has 2 atom stereocenters. The second kappa shape index (κ2) is 9.94. The number of halogens is 1. The van der Waals surface area contributed by atoms with Gasteiger partial charge in [-0.3, -0.25) is 9.59 Å². The zero-order valence-electron chi connectivity index (χ0n) is 20.5. The van der Waals surface area contributed by atoms with Gasteiger partial charge >= 0.3 is 0 Å². The van der Waals surface area contributed by atoms with Gasteiger partial charge in [0.05, 0.1) is 30.8 Å². The van der Waals surface area contributed by atoms with Crippen molar-refractivity contribution >= 4 is 22.8 Å². The normalized spacial score (nSPS) is 19.3. The van der Waals surface area contributed by atoms with Crippen LogP contribution in [0, 0.1) is 18.7 Å². The number of ether oxygens (including phenoxy) is 2. The fraction of sp³-hybridized carbons (Fsp3) is 0.440. The minimum atomic E-state index is -1.26. The number of carbonyl (C=O) groups excluding carboxylic acids is 2. The van der Waals surface area contributed by atoms with Crippen LogP contribution in [-0.2, 0) is 4.79 Å². The van der Waals surface area contributed by atoms with Crippen LogP contribution in [0.1, 0.15) is 35.3 Å². The number of aliphatic hydroxyl groups is 2. The molecule has 1 unspecified atom stereocenters. The van der Waals surface area contributed by atoms with Crippen LogP contribution >= 0.6 is 0 Å². The molecule has 1 saturated carbocycles.